The Morgan fingerprint density at radius 2 is 2.19 bits per heavy atom. The summed E-state index contributed by atoms with van der Waals surface area (Å²) in [6.45, 7) is 5.30. The van der Waals surface area contributed by atoms with Gasteiger partial charge in [-0.15, -0.1) is 0 Å². The molecule has 21 heavy (non-hydrogen) atoms. The van der Waals surface area contributed by atoms with Gasteiger partial charge in [0.2, 0.25) is 0 Å². The van der Waals surface area contributed by atoms with Gasteiger partial charge in [0.25, 0.3) is 5.91 Å². The summed E-state index contributed by atoms with van der Waals surface area (Å²) in [4.78, 5) is 14.1. The van der Waals surface area contributed by atoms with Crippen molar-refractivity contribution in [3.05, 3.63) is 35.1 Å². The van der Waals surface area contributed by atoms with Gasteiger partial charge in [-0.3, -0.25) is 9.69 Å². The van der Waals surface area contributed by atoms with E-state index < -0.39 is 6.10 Å². The normalized spacial score (nSPS) is 17.5. The molecule has 1 aromatic rings. The molecule has 116 valence electrons. The molecule has 0 radical (unpaired) electrons. The van der Waals surface area contributed by atoms with Crippen LogP contribution >= 0.6 is 0 Å². The second-order valence-electron chi connectivity index (χ2n) is 5.24. The Morgan fingerprint density at radius 1 is 1.48 bits per heavy atom. The number of amides is 1. The number of aryl methyl sites for hydroxylation is 1. The maximum atomic E-state index is 13.0. The second kappa shape index (κ2) is 7.49. The fourth-order valence-electron chi connectivity index (χ4n) is 2.33. The standard InChI is InChI=1S/C15H21FN2O3/c1-11-8-12(16)2-3-14(11)15(20)17-9-13(19)10-18-4-6-21-7-5-18/h2-3,8,13,19H,4-7,9-10H2,1H3,(H,17,20). The molecule has 6 heteroatoms. The van der Waals surface area contributed by atoms with Crippen molar-refractivity contribution in [2.24, 2.45) is 0 Å². The molecule has 1 amide bonds. The zero-order chi connectivity index (χ0) is 15.2. The van der Waals surface area contributed by atoms with Gasteiger partial charge in [0.15, 0.2) is 0 Å². The zero-order valence-corrected chi connectivity index (χ0v) is 12.1. The molecule has 1 aliphatic rings. The Bertz CT molecular complexity index is 490. The summed E-state index contributed by atoms with van der Waals surface area (Å²) >= 11 is 0. The molecule has 0 saturated carbocycles. The number of hydrogen-bond donors (Lipinski definition) is 2. The summed E-state index contributed by atoms with van der Waals surface area (Å²) in [5.41, 5.74) is 1.00. The van der Waals surface area contributed by atoms with E-state index in [1.807, 2.05) is 0 Å². The number of aliphatic hydroxyl groups excluding tert-OH is 1. The van der Waals surface area contributed by atoms with E-state index >= 15 is 0 Å². The van der Waals surface area contributed by atoms with Gasteiger partial charge in [0, 0.05) is 31.7 Å². The van der Waals surface area contributed by atoms with E-state index in [0.717, 1.165) is 13.1 Å². The average Bonchev–Trinajstić information content (AvgIpc) is 2.46. The van der Waals surface area contributed by atoms with E-state index in [4.69, 9.17) is 4.74 Å². The minimum absolute atomic E-state index is 0.174. The van der Waals surface area contributed by atoms with E-state index in [1.165, 1.54) is 18.2 Å². The molecule has 2 rings (SSSR count). The van der Waals surface area contributed by atoms with E-state index in [1.54, 1.807) is 6.92 Å². The van der Waals surface area contributed by atoms with Crippen molar-refractivity contribution in [3.8, 4) is 0 Å². The Kier molecular flexibility index (Phi) is 5.67. The van der Waals surface area contributed by atoms with Gasteiger partial charge >= 0.3 is 0 Å². The molecular formula is C15H21FN2O3. The number of β-amino-alcohol motifs (C(OH)–C–C–N with tert-alkyl or cyclic N) is 1. The van der Waals surface area contributed by atoms with Gasteiger partial charge in [-0.05, 0) is 30.7 Å². The molecule has 0 aliphatic carbocycles. The Hall–Kier alpha value is -1.50. The molecule has 1 fully saturated rings. The van der Waals surface area contributed by atoms with Crippen molar-refractivity contribution in [3.63, 3.8) is 0 Å². The lowest BCUT2D eigenvalue weighted by Gasteiger charge is -2.28. The first-order chi connectivity index (χ1) is 10.1. The maximum absolute atomic E-state index is 13.0. The number of nitrogens with one attached hydrogen (secondary N) is 1. The number of carbonyl (C=O) groups excluding carboxylic acids is 1. The van der Waals surface area contributed by atoms with Crippen molar-refractivity contribution in [1.29, 1.82) is 0 Å². The number of hydrogen-bond acceptors (Lipinski definition) is 4. The fraction of sp³-hybridized carbons (Fsp3) is 0.533. The first kappa shape index (κ1) is 15.9. The number of halogens is 1. The zero-order valence-electron chi connectivity index (χ0n) is 12.1. The highest BCUT2D eigenvalue weighted by Crippen LogP contribution is 2.09. The van der Waals surface area contributed by atoms with Gasteiger partial charge < -0.3 is 15.2 Å². The predicted molar refractivity (Wildman–Crippen MR) is 76.7 cm³/mol. The molecule has 0 aromatic heterocycles. The highest BCUT2D eigenvalue weighted by Gasteiger charge is 2.16. The minimum atomic E-state index is -0.632. The highest BCUT2D eigenvalue weighted by molar-refractivity contribution is 5.95. The van der Waals surface area contributed by atoms with Crippen LogP contribution in [0, 0.1) is 12.7 Å². The van der Waals surface area contributed by atoms with Crippen LogP contribution in [0.1, 0.15) is 15.9 Å². The molecule has 5 nitrogen and oxygen atoms in total. The van der Waals surface area contributed by atoms with Gasteiger partial charge in [-0.25, -0.2) is 4.39 Å². The Labute approximate surface area is 123 Å². The lowest BCUT2D eigenvalue weighted by molar-refractivity contribution is 0.0149. The van der Waals surface area contributed by atoms with Crippen LogP contribution in [0.25, 0.3) is 0 Å². The summed E-state index contributed by atoms with van der Waals surface area (Å²) in [5.74, 6) is -0.662. The van der Waals surface area contributed by atoms with Crippen molar-refractivity contribution >= 4 is 5.91 Å². The van der Waals surface area contributed by atoms with Crippen LogP contribution in [0.15, 0.2) is 18.2 Å². The molecule has 1 saturated heterocycles. The highest BCUT2D eigenvalue weighted by atomic mass is 19.1. The lowest BCUT2D eigenvalue weighted by Crippen LogP contribution is -2.44. The molecule has 0 spiro atoms. The Balaban J connectivity index is 1.80. The van der Waals surface area contributed by atoms with Crippen LogP contribution in [-0.4, -0.2) is 61.4 Å². The molecule has 1 atom stereocenters. The number of aliphatic hydroxyl groups is 1. The first-order valence-corrected chi connectivity index (χ1v) is 7.09. The number of benzene rings is 1. The van der Waals surface area contributed by atoms with Gasteiger partial charge in [0.1, 0.15) is 5.82 Å². The van der Waals surface area contributed by atoms with Gasteiger partial charge in [-0.2, -0.15) is 0 Å². The fourth-order valence-corrected chi connectivity index (χ4v) is 2.33. The van der Waals surface area contributed by atoms with Gasteiger partial charge in [0.05, 0.1) is 19.3 Å². The first-order valence-electron chi connectivity index (χ1n) is 7.09. The minimum Gasteiger partial charge on any atom is -0.390 e. The van der Waals surface area contributed by atoms with Crippen LogP contribution in [0.4, 0.5) is 4.39 Å². The summed E-state index contributed by atoms with van der Waals surface area (Å²) < 4.78 is 18.2. The van der Waals surface area contributed by atoms with Crippen LogP contribution < -0.4 is 5.32 Å². The number of rotatable bonds is 5. The summed E-state index contributed by atoms with van der Waals surface area (Å²) in [6, 6.07) is 4.03. The summed E-state index contributed by atoms with van der Waals surface area (Å²) in [6.07, 6.45) is -0.632. The largest absolute Gasteiger partial charge is 0.390 e. The van der Waals surface area contributed by atoms with Crippen LogP contribution in [0.2, 0.25) is 0 Å². The molecule has 0 bridgehead atoms. The van der Waals surface area contributed by atoms with Crippen molar-refractivity contribution in [2.75, 3.05) is 39.4 Å². The topological polar surface area (TPSA) is 61.8 Å². The van der Waals surface area contributed by atoms with Crippen molar-refractivity contribution in [2.45, 2.75) is 13.0 Å². The molecule has 1 aromatic carbocycles. The van der Waals surface area contributed by atoms with E-state index in [9.17, 15) is 14.3 Å². The molecule has 1 unspecified atom stereocenters. The lowest BCUT2D eigenvalue weighted by atomic mass is 10.1. The second-order valence-corrected chi connectivity index (χ2v) is 5.24. The smallest absolute Gasteiger partial charge is 0.251 e. The van der Waals surface area contributed by atoms with E-state index in [0.29, 0.717) is 30.9 Å². The SMILES string of the molecule is Cc1cc(F)ccc1C(=O)NCC(O)CN1CCOCC1. The van der Waals surface area contributed by atoms with Crippen LogP contribution in [0.3, 0.4) is 0 Å². The molecule has 1 aliphatic heterocycles. The Morgan fingerprint density at radius 3 is 2.86 bits per heavy atom. The van der Waals surface area contributed by atoms with E-state index in [2.05, 4.69) is 10.2 Å². The number of carbonyl (C=O) groups is 1. The predicted octanol–water partition coefficient (Wildman–Crippen LogP) is 0.557. The average molecular weight is 296 g/mol. The molecular weight excluding hydrogens is 275 g/mol. The maximum Gasteiger partial charge on any atom is 0.251 e. The third-order valence-electron chi connectivity index (χ3n) is 3.50. The summed E-state index contributed by atoms with van der Waals surface area (Å²) in [5, 5.41) is 12.6. The third kappa shape index (κ3) is 4.77. The molecule has 1 heterocycles. The van der Waals surface area contributed by atoms with Crippen molar-refractivity contribution < 1.29 is 19.0 Å². The number of nitrogens with zero attached hydrogens (tertiary/aromatic N) is 1. The molecule has 2 N–H and O–H groups in total. The van der Waals surface area contributed by atoms with Crippen LogP contribution in [-0.2, 0) is 4.74 Å². The van der Waals surface area contributed by atoms with E-state index in [-0.39, 0.29) is 18.3 Å². The monoisotopic (exact) mass is 296 g/mol. The third-order valence-corrected chi connectivity index (χ3v) is 3.50. The quantitative estimate of drug-likeness (QED) is 0.833. The van der Waals surface area contributed by atoms with Crippen LogP contribution in [0.5, 0.6) is 0 Å². The summed E-state index contributed by atoms with van der Waals surface area (Å²) in [7, 11) is 0. The van der Waals surface area contributed by atoms with Crippen molar-refractivity contribution in [1.82, 2.24) is 10.2 Å². The number of morpholine rings is 1. The number of ether oxygens (including phenoxy) is 1. The van der Waals surface area contributed by atoms with Gasteiger partial charge in [-0.1, -0.05) is 0 Å².